The van der Waals surface area contributed by atoms with Gasteiger partial charge in [0.1, 0.15) is 18.1 Å². The Morgan fingerprint density at radius 3 is 2.19 bits per heavy atom. The van der Waals surface area contributed by atoms with Crippen LogP contribution < -0.4 is 21.4 Å². The van der Waals surface area contributed by atoms with Gasteiger partial charge in [-0.15, -0.1) is 0 Å². The third kappa shape index (κ3) is 7.39. The molecule has 13 heteroatoms. The zero-order valence-electron chi connectivity index (χ0n) is 19.2. The highest BCUT2D eigenvalue weighted by atomic mass is 16.6. The first-order valence-electron chi connectivity index (χ1n) is 10.2. The maximum Gasteiger partial charge on any atom is 0.429 e. The summed E-state index contributed by atoms with van der Waals surface area (Å²) in [6, 6.07) is -2.60. The summed E-state index contributed by atoms with van der Waals surface area (Å²) in [6.07, 6.45) is -1.06. The van der Waals surface area contributed by atoms with Gasteiger partial charge in [-0.1, -0.05) is 0 Å². The van der Waals surface area contributed by atoms with Gasteiger partial charge in [-0.2, -0.15) is 0 Å². The summed E-state index contributed by atoms with van der Waals surface area (Å²) >= 11 is 0. The number of carbonyl (C=O) groups excluding carboxylic acids is 6. The third-order valence-electron chi connectivity index (χ3n) is 4.83. The molecule has 4 N–H and O–H groups in total. The van der Waals surface area contributed by atoms with Crippen LogP contribution in [0.25, 0.3) is 0 Å². The van der Waals surface area contributed by atoms with Crippen molar-refractivity contribution in [3.8, 4) is 0 Å². The van der Waals surface area contributed by atoms with Crippen LogP contribution in [0.15, 0.2) is 0 Å². The van der Waals surface area contributed by atoms with Gasteiger partial charge in [0.15, 0.2) is 6.10 Å². The Balaban J connectivity index is 2.69. The van der Waals surface area contributed by atoms with Gasteiger partial charge in [-0.25, -0.2) is 9.80 Å². The summed E-state index contributed by atoms with van der Waals surface area (Å²) in [5.74, 6) is -2.49. The number of amides is 6. The molecule has 0 radical (unpaired) electrons. The highest BCUT2D eigenvalue weighted by Crippen LogP contribution is 2.18. The lowest BCUT2D eigenvalue weighted by atomic mass is 10.2. The molecule has 1 saturated heterocycles. The van der Waals surface area contributed by atoms with Crippen molar-refractivity contribution in [3.05, 3.63) is 0 Å². The van der Waals surface area contributed by atoms with E-state index >= 15 is 0 Å². The molecule has 1 aliphatic rings. The number of nitrogens with zero attached hydrogens (tertiary/aromatic N) is 2. The molecule has 0 spiro atoms. The second-order valence-electron chi connectivity index (χ2n) is 7.52. The van der Waals surface area contributed by atoms with Crippen LogP contribution in [0.2, 0.25) is 0 Å². The van der Waals surface area contributed by atoms with Crippen LogP contribution in [0.4, 0.5) is 4.79 Å². The molecule has 1 fully saturated rings. The van der Waals surface area contributed by atoms with E-state index in [4.69, 9.17) is 4.74 Å². The fourth-order valence-corrected chi connectivity index (χ4v) is 3.09. The first kappa shape index (κ1) is 26.7. The second-order valence-corrected chi connectivity index (χ2v) is 7.52. The molecule has 0 saturated carbocycles. The summed E-state index contributed by atoms with van der Waals surface area (Å²) in [4.78, 5) is 73.5. The molecule has 1 aliphatic heterocycles. The van der Waals surface area contributed by atoms with Crippen molar-refractivity contribution >= 4 is 35.6 Å². The Bertz CT molecular complexity index is 758. The van der Waals surface area contributed by atoms with Crippen molar-refractivity contribution in [2.24, 2.45) is 0 Å². The fourth-order valence-electron chi connectivity index (χ4n) is 3.09. The summed E-state index contributed by atoms with van der Waals surface area (Å²) in [5, 5.41) is 8.07. The Morgan fingerprint density at radius 1 is 1.00 bits per heavy atom. The van der Waals surface area contributed by atoms with E-state index < -0.39 is 54.0 Å². The lowest BCUT2D eigenvalue weighted by molar-refractivity contribution is -0.142. The summed E-state index contributed by atoms with van der Waals surface area (Å²) in [6.45, 7) is 5.93. The van der Waals surface area contributed by atoms with E-state index in [9.17, 15) is 28.8 Å². The second kappa shape index (κ2) is 11.9. The van der Waals surface area contributed by atoms with Crippen LogP contribution in [0.5, 0.6) is 0 Å². The quantitative estimate of drug-likeness (QED) is 0.329. The molecule has 0 bridgehead atoms. The summed E-state index contributed by atoms with van der Waals surface area (Å²) in [7, 11) is 2.65. The average Bonchev–Trinajstić information content (AvgIpc) is 3.21. The van der Waals surface area contributed by atoms with Crippen LogP contribution in [0.1, 0.15) is 40.5 Å². The van der Waals surface area contributed by atoms with Crippen molar-refractivity contribution in [2.45, 2.75) is 64.8 Å². The molecule has 0 aromatic carbocycles. The van der Waals surface area contributed by atoms with Gasteiger partial charge in [0.25, 0.3) is 11.8 Å². The van der Waals surface area contributed by atoms with Crippen LogP contribution in [-0.4, -0.2) is 90.4 Å². The number of nitrogens with one attached hydrogen (secondary N) is 4. The molecule has 13 nitrogen and oxygen atoms in total. The third-order valence-corrected chi connectivity index (χ3v) is 4.83. The van der Waals surface area contributed by atoms with Crippen LogP contribution in [0.3, 0.4) is 0 Å². The smallest absolute Gasteiger partial charge is 0.429 e. The van der Waals surface area contributed by atoms with E-state index in [0.29, 0.717) is 19.4 Å². The SMILES string of the molecule is CNC(=O)[C@H](C)OC(=O)N(C)NC(=O)[C@@H]1CCCN1C(=O)[C@H](C)NC(=O)[C@H](C)NC(C)=O. The normalized spacial score (nSPS) is 17.9. The number of hydrogen-bond donors (Lipinski definition) is 4. The van der Waals surface area contributed by atoms with Crippen LogP contribution in [0, 0.1) is 0 Å². The van der Waals surface area contributed by atoms with Gasteiger partial charge in [0.05, 0.1) is 0 Å². The predicted octanol–water partition coefficient (Wildman–Crippen LogP) is -1.76. The minimum Gasteiger partial charge on any atom is -0.435 e. The van der Waals surface area contributed by atoms with Crippen molar-refractivity contribution < 1.29 is 33.5 Å². The zero-order valence-corrected chi connectivity index (χ0v) is 19.2. The molecule has 0 unspecified atom stereocenters. The van der Waals surface area contributed by atoms with E-state index in [1.807, 2.05) is 0 Å². The lowest BCUT2D eigenvalue weighted by Gasteiger charge is -2.29. The van der Waals surface area contributed by atoms with Gasteiger partial charge in [0, 0.05) is 27.6 Å². The highest BCUT2D eigenvalue weighted by Gasteiger charge is 2.37. The van der Waals surface area contributed by atoms with E-state index in [0.717, 1.165) is 5.01 Å². The number of hydrogen-bond acceptors (Lipinski definition) is 7. The molecule has 0 aromatic rings. The Kier molecular flexibility index (Phi) is 9.88. The largest absolute Gasteiger partial charge is 0.435 e. The van der Waals surface area contributed by atoms with Gasteiger partial charge in [-0.05, 0) is 33.6 Å². The fraction of sp³-hybridized carbons (Fsp3) is 0.684. The maximum absolute atomic E-state index is 12.8. The van der Waals surface area contributed by atoms with E-state index in [-0.39, 0.29) is 5.91 Å². The number of likely N-dealkylation sites (N-methyl/N-ethyl adjacent to an activating group) is 1. The Hall–Kier alpha value is -3.38. The first-order chi connectivity index (χ1) is 14.9. The molecule has 0 aliphatic carbocycles. The Labute approximate surface area is 186 Å². The van der Waals surface area contributed by atoms with Crippen LogP contribution in [-0.2, 0) is 28.7 Å². The molecule has 1 rings (SSSR count). The first-order valence-corrected chi connectivity index (χ1v) is 10.2. The van der Waals surface area contributed by atoms with E-state index in [2.05, 4.69) is 21.4 Å². The van der Waals surface area contributed by atoms with Crippen molar-refractivity contribution in [3.63, 3.8) is 0 Å². The van der Waals surface area contributed by atoms with E-state index in [1.165, 1.54) is 46.7 Å². The number of likely N-dealkylation sites (tertiary alicyclic amines) is 1. The highest BCUT2D eigenvalue weighted by molar-refractivity contribution is 5.94. The van der Waals surface area contributed by atoms with Gasteiger partial charge >= 0.3 is 6.09 Å². The molecule has 4 atom stereocenters. The average molecular weight is 457 g/mol. The van der Waals surface area contributed by atoms with Crippen molar-refractivity contribution in [2.75, 3.05) is 20.6 Å². The molecule has 0 aromatic heterocycles. The predicted molar refractivity (Wildman–Crippen MR) is 112 cm³/mol. The van der Waals surface area contributed by atoms with E-state index in [1.54, 1.807) is 0 Å². The van der Waals surface area contributed by atoms with Crippen molar-refractivity contribution in [1.29, 1.82) is 0 Å². The summed E-state index contributed by atoms with van der Waals surface area (Å²) < 4.78 is 4.94. The molecular formula is C19H32N6O7. The number of hydrazine groups is 1. The Morgan fingerprint density at radius 2 is 1.62 bits per heavy atom. The topological polar surface area (TPSA) is 166 Å². The standard InChI is InChI=1S/C19H32N6O7/c1-10(21-13(4)26)15(27)22-11(2)18(30)25-9-7-8-14(25)17(29)23-24(6)19(31)32-12(3)16(28)20-5/h10-12,14H,7-9H2,1-6H3,(H,20,28)(H,21,26)(H,22,27)(H,23,29)/t10-,11-,12-,14-/m0/s1. The number of carbonyl (C=O) groups is 6. The van der Waals surface area contributed by atoms with Gasteiger partial charge in [0.2, 0.25) is 17.7 Å². The van der Waals surface area contributed by atoms with Gasteiger partial charge in [-0.3, -0.25) is 29.4 Å². The van der Waals surface area contributed by atoms with Crippen molar-refractivity contribution in [1.82, 2.24) is 31.3 Å². The molecule has 32 heavy (non-hydrogen) atoms. The van der Waals surface area contributed by atoms with Gasteiger partial charge < -0.3 is 25.6 Å². The minimum absolute atomic E-state index is 0.306. The monoisotopic (exact) mass is 456 g/mol. The molecular weight excluding hydrogens is 424 g/mol. The number of ether oxygens (including phenoxy) is 1. The minimum atomic E-state index is -1.05. The number of rotatable bonds is 7. The zero-order chi connectivity index (χ0) is 24.6. The van der Waals surface area contributed by atoms with Crippen LogP contribution >= 0.6 is 0 Å². The molecule has 6 amide bonds. The molecule has 180 valence electrons. The lowest BCUT2D eigenvalue weighted by Crippen LogP contribution is -2.57. The molecule has 1 heterocycles. The maximum atomic E-state index is 12.8. The summed E-state index contributed by atoms with van der Waals surface area (Å²) in [5.41, 5.74) is 2.35.